The molecule has 0 spiro atoms. The van der Waals surface area contributed by atoms with Crippen LogP contribution in [0.25, 0.3) is 0 Å². The Balaban J connectivity index is 2.47. The van der Waals surface area contributed by atoms with Crippen LogP contribution < -0.4 is 0 Å². The molecule has 1 aromatic heterocycles. The van der Waals surface area contributed by atoms with Crippen LogP contribution in [0.4, 0.5) is 0 Å². The molecular weight excluding hydrogens is 242 g/mol. The van der Waals surface area contributed by atoms with Gasteiger partial charge in [-0.2, -0.15) is 5.26 Å². The Morgan fingerprint density at radius 3 is 3.00 bits per heavy atom. The smallest absolute Gasteiger partial charge is 0.307 e. The zero-order valence-corrected chi connectivity index (χ0v) is 11.2. The van der Waals surface area contributed by atoms with Gasteiger partial charge in [0.2, 0.25) is 0 Å². The van der Waals surface area contributed by atoms with Crippen LogP contribution >= 0.6 is 0 Å². The predicted molar refractivity (Wildman–Crippen MR) is 71.0 cm³/mol. The third kappa shape index (κ3) is 6.53. The average Bonchev–Trinajstić information content (AvgIpc) is 2.43. The summed E-state index contributed by atoms with van der Waals surface area (Å²) in [4.78, 5) is 17.5. The van der Waals surface area contributed by atoms with Gasteiger partial charge < -0.3 is 4.74 Å². The molecule has 0 N–H and O–H groups in total. The summed E-state index contributed by atoms with van der Waals surface area (Å²) in [7, 11) is 0. The van der Waals surface area contributed by atoms with Gasteiger partial charge in [-0.05, 0) is 18.6 Å². The first-order chi connectivity index (χ1) is 9.26. The normalized spacial score (nSPS) is 10.2. The van der Waals surface area contributed by atoms with Crippen molar-refractivity contribution in [3.8, 4) is 6.07 Å². The zero-order valence-electron chi connectivity index (χ0n) is 11.2. The second kappa shape index (κ2) is 9.06. The number of hydrogen-bond acceptors (Lipinski definition) is 5. The summed E-state index contributed by atoms with van der Waals surface area (Å²) in [5, 5.41) is 8.66. The van der Waals surface area contributed by atoms with E-state index in [2.05, 4.69) is 16.0 Å². The first-order valence-electron chi connectivity index (χ1n) is 6.40. The van der Waals surface area contributed by atoms with Crippen molar-refractivity contribution >= 4 is 5.97 Å². The summed E-state index contributed by atoms with van der Waals surface area (Å²) in [6.07, 6.45) is 4.31. The molecule has 0 atom stereocenters. The van der Waals surface area contributed by atoms with Crippen molar-refractivity contribution < 1.29 is 9.53 Å². The van der Waals surface area contributed by atoms with Crippen molar-refractivity contribution in [1.82, 2.24) is 9.88 Å². The fourth-order valence-electron chi connectivity index (χ4n) is 1.71. The molecule has 0 aliphatic heterocycles. The minimum Gasteiger partial charge on any atom is -0.466 e. The van der Waals surface area contributed by atoms with Crippen LogP contribution in [0.5, 0.6) is 0 Å². The van der Waals surface area contributed by atoms with E-state index < -0.39 is 0 Å². The molecule has 5 nitrogen and oxygen atoms in total. The predicted octanol–water partition coefficient (Wildman–Crippen LogP) is 1.75. The van der Waals surface area contributed by atoms with Gasteiger partial charge >= 0.3 is 5.97 Å². The summed E-state index contributed by atoms with van der Waals surface area (Å²) < 4.78 is 4.90. The van der Waals surface area contributed by atoms with Crippen LogP contribution in [0.1, 0.15) is 25.3 Å². The molecule has 0 saturated heterocycles. The molecule has 0 bridgehead atoms. The number of hydrogen-bond donors (Lipinski definition) is 0. The van der Waals surface area contributed by atoms with Gasteiger partial charge in [0, 0.05) is 38.4 Å². The second-order valence-electron chi connectivity index (χ2n) is 4.10. The van der Waals surface area contributed by atoms with E-state index in [9.17, 15) is 4.79 Å². The van der Waals surface area contributed by atoms with Crippen LogP contribution in [0.2, 0.25) is 0 Å². The van der Waals surface area contributed by atoms with Gasteiger partial charge in [0.25, 0.3) is 0 Å². The average molecular weight is 261 g/mol. The molecule has 0 unspecified atom stereocenters. The van der Waals surface area contributed by atoms with E-state index in [1.54, 1.807) is 19.3 Å². The summed E-state index contributed by atoms with van der Waals surface area (Å²) in [5.74, 6) is -0.198. The van der Waals surface area contributed by atoms with Crippen LogP contribution in [0, 0.1) is 11.3 Å². The highest BCUT2D eigenvalue weighted by molar-refractivity contribution is 5.69. The zero-order chi connectivity index (χ0) is 13.9. The van der Waals surface area contributed by atoms with Crippen molar-refractivity contribution in [2.75, 3.05) is 19.7 Å². The highest BCUT2D eigenvalue weighted by atomic mass is 16.5. The number of ether oxygens (including phenoxy) is 1. The molecule has 5 heteroatoms. The van der Waals surface area contributed by atoms with Crippen LogP contribution in [0.15, 0.2) is 24.5 Å². The van der Waals surface area contributed by atoms with Crippen molar-refractivity contribution in [3.05, 3.63) is 30.1 Å². The number of carbonyl (C=O) groups excluding carboxylic acids is 1. The van der Waals surface area contributed by atoms with E-state index in [1.165, 1.54) is 0 Å². The fraction of sp³-hybridized carbons (Fsp3) is 0.500. The third-order valence-corrected chi connectivity index (χ3v) is 2.61. The lowest BCUT2D eigenvalue weighted by Crippen LogP contribution is -2.27. The molecule has 0 fully saturated rings. The molecule has 19 heavy (non-hydrogen) atoms. The number of nitrogens with zero attached hydrogens (tertiary/aromatic N) is 3. The monoisotopic (exact) mass is 261 g/mol. The summed E-state index contributed by atoms with van der Waals surface area (Å²) in [5.41, 5.74) is 1.07. The summed E-state index contributed by atoms with van der Waals surface area (Å²) >= 11 is 0. The summed E-state index contributed by atoms with van der Waals surface area (Å²) in [6, 6.07) is 5.98. The van der Waals surface area contributed by atoms with Crippen molar-refractivity contribution in [2.45, 2.75) is 26.3 Å². The minimum atomic E-state index is -0.198. The molecule has 0 aliphatic carbocycles. The van der Waals surface area contributed by atoms with Crippen molar-refractivity contribution in [3.63, 3.8) is 0 Å². The largest absolute Gasteiger partial charge is 0.466 e. The van der Waals surface area contributed by atoms with Gasteiger partial charge in [0.05, 0.1) is 19.1 Å². The second-order valence-corrected chi connectivity index (χ2v) is 4.10. The van der Waals surface area contributed by atoms with E-state index in [1.807, 2.05) is 12.1 Å². The molecule has 1 aromatic rings. The number of nitriles is 1. The Kier molecular flexibility index (Phi) is 7.21. The lowest BCUT2D eigenvalue weighted by Gasteiger charge is -2.20. The van der Waals surface area contributed by atoms with Crippen molar-refractivity contribution in [1.29, 1.82) is 5.26 Å². The maximum atomic E-state index is 11.3. The van der Waals surface area contributed by atoms with Gasteiger partial charge in [-0.25, -0.2) is 0 Å². The first-order valence-corrected chi connectivity index (χ1v) is 6.40. The van der Waals surface area contributed by atoms with Crippen LogP contribution in [0.3, 0.4) is 0 Å². The highest BCUT2D eigenvalue weighted by Crippen LogP contribution is 2.05. The number of carbonyl (C=O) groups is 1. The minimum absolute atomic E-state index is 0.198. The molecule has 0 aromatic carbocycles. The molecular formula is C14H19N3O2. The topological polar surface area (TPSA) is 66.2 Å². The SMILES string of the molecule is CCOC(=O)CCN(CCC#N)Cc1cccnc1. The maximum absolute atomic E-state index is 11.3. The van der Waals surface area contributed by atoms with Crippen LogP contribution in [-0.4, -0.2) is 35.5 Å². The maximum Gasteiger partial charge on any atom is 0.307 e. The van der Waals surface area contributed by atoms with Crippen molar-refractivity contribution in [2.24, 2.45) is 0 Å². The van der Waals surface area contributed by atoms with E-state index in [4.69, 9.17) is 10.00 Å². The molecule has 1 rings (SSSR count). The van der Waals surface area contributed by atoms with E-state index in [0.29, 0.717) is 39.1 Å². The van der Waals surface area contributed by atoms with E-state index in [-0.39, 0.29) is 5.97 Å². The van der Waals surface area contributed by atoms with Gasteiger partial charge in [-0.15, -0.1) is 0 Å². The van der Waals surface area contributed by atoms with Gasteiger partial charge in [0.1, 0.15) is 0 Å². The quantitative estimate of drug-likeness (QED) is 0.667. The van der Waals surface area contributed by atoms with Gasteiger partial charge in [-0.3, -0.25) is 14.7 Å². The van der Waals surface area contributed by atoms with Crippen LogP contribution in [-0.2, 0) is 16.1 Å². The Bertz CT molecular complexity index is 414. The summed E-state index contributed by atoms with van der Waals surface area (Å²) in [6.45, 7) is 4.12. The standard InChI is InChI=1S/C14H19N3O2/c1-2-19-14(18)6-10-17(9-4-7-15)12-13-5-3-8-16-11-13/h3,5,8,11H,2,4,6,9-10,12H2,1H3. The molecule has 0 saturated carbocycles. The lowest BCUT2D eigenvalue weighted by molar-refractivity contribution is -0.143. The number of rotatable bonds is 8. The molecule has 0 radical (unpaired) electrons. The van der Waals surface area contributed by atoms with E-state index >= 15 is 0 Å². The number of aromatic nitrogens is 1. The molecule has 0 aliphatic rings. The Morgan fingerprint density at radius 1 is 1.53 bits per heavy atom. The third-order valence-electron chi connectivity index (χ3n) is 2.61. The highest BCUT2D eigenvalue weighted by Gasteiger charge is 2.09. The Labute approximate surface area is 113 Å². The number of pyridine rings is 1. The number of esters is 1. The van der Waals surface area contributed by atoms with E-state index in [0.717, 1.165) is 5.56 Å². The Hall–Kier alpha value is -1.93. The molecule has 1 heterocycles. The van der Waals surface area contributed by atoms with Gasteiger partial charge in [-0.1, -0.05) is 6.07 Å². The lowest BCUT2D eigenvalue weighted by atomic mass is 10.2. The fourth-order valence-corrected chi connectivity index (χ4v) is 1.71. The van der Waals surface area contributed by atoms with Gasteiger partial charge in [0.15, 0.2) is 0 Å². The Morgan fingerprint density at radius 2 is 2.37 bits per heavy atom. The first kappa shape index (κ1) is 15.1. The molecule has 102 valence electrons. The molecule has 0 amide bonds.